The lowest BCUT2D eigenvalue weighted by Crippen LogP contribution is -2.24. The minimum absolute atomic E-state index is 0.195. The lowest BCUT2D eigenvalue weighted by Gasteiger charge is -2.20. The van der Waals surface area contributed by atoms with Gasteiger partial charge in [-0.2, -0.15) is 0 Å². The van der Waals surface area contributed by atoms with E-state index < -0.39 is 10.0 Å². The molecular formula is C17H19NO5S. The zero-order valence-electron chi connectivity index (χ0n) is 13.5. The zero-order chi connectivity index (χ0) is 17.2. The molecule has 2 aromatic carbocycles. The van der Waals surface area contributed by atoms with Gasteiger partial charge in [0.05, 0.1) is 12.0 Å². The molecule has 0 atom stereocenters. The van der Waals surface area contributed by atoms with E-state index in [0.29, 0.717) is 30.3 Å². The van der Waals surface area contributed by atoms with E-state index in [0.717, 1.165) is 11.3 Å². The van der Waals surface area contributed by atoms with E-state index in [9.17, 15) is 8.42 Å². The Kier molecular flexibility index (Phi) is 4.64. The molecule has 0 radical (unpaired) electrons. The number of fused-ring (bicyclic) bond motifs is 1. The zero-order valence-corrected chi connectivity index (χ0v) is 14.4. The number of benzene rings is 2. The molecule has 1 heterocycles. The van der Waals surface area contributed by atoms with Gasteiger partial charge in [-0.25, -0.2) is 13.1 Å². The summed E-state index contributed by atoms with van der Waals surface area (Å²) in [4.78, 5) is 0.195. The van der Waals surface area contributed by atoms with Crippen molar-refractivity contribution in [2.45, 2.75) is 18.4 Å². The van der Waals surface area contributed by atoms with E-state index in [4.69, 9.17) is 14.2 Å². The minimum atomic E-state index is -3.66. The molecule has 24 heavy (non-hydrogen) atoms. The second-order valence-electron chi connectivity index (χ2n) is 5.43. The van der Waals surface area contributed by atoms with Crippen LogP contribution in [0.2, 0.25) is 0 Å². The number of hydrogen-bond donors (Lipinski definition) is 1. The highest BCUT2D eigenvalue weighted by Gasteiger charge is 2.22. The molecule has 0 fully saturated rings. The summed E-state index contributed by atoms with van der Waals surface area (Å²) in [5, 5.41) is 0. The third-order valence-electron chi connectivity index (χ3n) is 3.75. The first-order valence-electron chi connectivity index (χ1n) is 7.52. The first kappa shape index (κ1) is 16.6. The van der Waals surface area contributed by atoms with Crippen molar-refractivity contribution in [1.82, 2.24) is 4.72 Å². The smallest absolute Gasteiger partial charge is 0.241 e. The van der Waals surface area contributed by atoms with Gasteiger partial charge in [0.15, 0.2) is 11.5 Å². The largest absolute Gasteiger partial charge is 0.497 e. The Morgan fingerprint density at radius 3 is 2.33 bits per heavy atom. The third kappa shape index (κ3) is 3.47. The van der Waals surface area contributed by atoms with Crippen molar-refractivity contribution >= 4 is 10.0 Å². The molecule has 3 rings (SSSR count). The Balaban J connectivity index is 1.79. The van der Waals surface area contributed by atoms with Crippen LogP contribution in [0.25, 0.3) is 0 Å². The number of ether oxygens (including phenoxy) is 3. The van der Waals surface area contributed by atoms with Crippen LogP contribution < -0.4 is 18.9 Å². The summed E-state index contributed by atoms with van der Waals surface area (Å²) in [6.07, 6.45) is 0. The number of nitrogens with one attached hydrogen (secondary N) is 1. The van der Waals surface area contributed by atoms with Crippen molar-refractivity contribution in [2.75, 3.05) is 20.3 Å². The van der Waals surface area contributed by atoms with E-state index in [-0.39, 0.29) is 11.4 Å². The average Bonchev–Trinajstić information content (AvgIpc) is 2.59. The SMILES string of the molecule is COc1ccc(CNS(=O)(=O)c2cc3c(cc2C)OCCO3)cc1. The molecule has 0 saturated carbocycles. The molecule has 0 aromatic heterocycles. The molecule has 6 nitrogen and oxygen atoms in total. The van der Waals surface area contributed by atoms with Crippen molar-refractivity contribution in [2.24, 2.45) is 0 Å². The van der Waals surface area contributed by atoms with Gasteiger partial charge in [0.2, 0.25) is 10.0 Å². The van der Waals surface area contributed by atoms with Crippen LogP contribution in [0.15, 0.2) is 41.3 Å². The molecular weight excluding hydrogens is 330 g/mol. The van der Waals surface area contributed by atoms with E-state index >= 15 is 0 Å². The standard InChI is InChI=1S/C17H19NO5S/c1-12-9-15-16(23-8-7-22-15)10-17(12)24(19,20)18-11-13-3-5-14(21-2)6-4-13/h3-6,9-10,18H,7-8,11H2,1-2H3. The normalized spacial score (nSPS) is 13.6. The summed E-state index contributed by atoms with van der Waals surface area (Å²) in [5.41, 5.74) is 1.45. The quantitative estimate of drug-likeness (QED) is 0.896. The summed E-state index contributed by atoms with van der Waals surface area (Å²) in [6, 6.07) is 10.4. The highest BCUT2D eigenvalue weighted by atomic mass is 32.2. The molecule has 1 N–H and O–H groups in total. The highest BCUT2D eigenvalue weighted by Crippen LogP contribution is 2.34. The fraction of sp³-hybridized carbons (Fsp3) is 0.294. The fourth-order valence-electron chi connectivity index (χ4n) is 2.46. The van der Waals surface area contributed by atoms with Gasteiger partial charge in [0.25, 0.3) is 0 Å². The Bertz CT molecular complexity index is 831. The average molecular weight is 349 g/mol. The minimum Gasteiger partial charge on any atom is -0.497 e. The molecule has 0 bridgehead atoms. The van der Waals surface area contributed by atoms with Gasteiger partial charge < -0.3 is 14.2 Å². The Hall–Kier alpha value is -2.25. The van der Waals surface area contributed by atoms with Crippen LogP contribution in [0.4, 0.5) is 0 Å². The van der Waals surface area contributed by atoms with E-state index in [1.54, 1.807) is 32.2 Å². The van der Waals surface area contributed by atoms with Crippen LogP contribution in [0.5, 0.6) is 17.2 Å². The Morgan fingerprint density at radius 1 is 1.08 bits per heavy atom. The molecule has 0 aliphatic carbocycles. The summed E-state index contributed by atoms with van der Waals surface area (Å²) < 4.78 is 43.8. The van der Waals surface area contributed by atoms with Crippen molar-refractivity contribution in [1.29, 1.82) is 0 Å². The van der Waals surface area contributed by atoms with Crippen LogP contribution >= 0.6 is 0 Å². The first-order chi connectivity index (χ1) is 11.5. The van der Waals surface area contributed by atoms with E-state index in [1.165, 1.54) is 6.07 Å². The Labute approximate surface area is 141 Å². The van der Waals surface area contributed by atoms with Crippen molar-refractivity contribution < 1.29 is 22.6 Å². The number of methoxy groups -OCH3 is 1. The number of hydrogen-bond acceptors (Lipinski definition) is 5. The second-order valence-corrected chi connectivity index (χ2v) is 7.17. The predicted octanol–water partition coefficient (Wildman–Crippen LogP) is 2.25. The first-order valence-corrected chi connectivity index (χ1v) is 9.01. The molecule has 7 heteroatoms. The van der Waals surface area contributed by atoms with Gasteiger partial charge >= 0.3 is 0 Å². The summed E-state index contributed by atoms with van der Waals surface area (Å²) in [7, 11) is -2.07. The molecule has 1 aliphatic heterocycles. The van der Waals surface area contributed by atoms with Crippen molar-refractivity contribution in [3.63, 3.8) is 0 Å². The fourth-order valence-corrected chi connectivity index (χ4v) is 3.72. The summed E-state index contributed by atoms with van der Waals surface area (Å²) in [6.45, 7) is 2.81. The molecule has 0 unspecified atom stereocenters. The third-order valence-corrected chi connectivity index (χ3v) is 5.30. The van der Waals surface area contributed by atoms with Crippen LogP contribution in [-0.4, -0.2) is 28.7 Å². The second kappa shape index (κ2) is 6.70. The van der Waals surface area contributed by atoms with Crippen LogP contribution in [-0.2, 0) is 16.6 Å². The van der Waals surface area contributed by atoms with Crippen molar-refractivity contribution in [3.8, 4) is 17.2 Å². The van der Waals surface area contributed by atoms with Crippen LogP contribution in [0.1, 0.15) is 11.1 Å². The van der Waals surface area contributed by atoms with Gasteiger partial charge in [-0.05, 0) is 36.2 Å². The topological polar surface area (TPSA) is 73.9 Å². The maximum atomic E-state index is 12.6. The van der Waals surface area contributed by atoms with E-state index in [2.05, 4.69) is 4.72 Å². The van der Waals surface area contributed by atoms with Gasteiger partial charge in [-0.3, -0.25) is 0 Å². The summed E-state index contributed by atoms with van der Waals surface area (Å²) in [5.74, 6) is 1.76. The van der Waals surface area contributed by atoms with E-state index in [1.807, 2.05) is 12.1 Å². The number of aryl methyl sites for hydroxylation is 1. The summed E-state index contributed by atoms with van der Waals surface area (Å²) >= 11 is 0. The van der Waals surface area contributed by atoms with Gasteiger partial charge in [-0.1, -0.05) is 12.1 Å². The monoisotopic (exact) mass is 349 g/mol. The van der Waals surface area contributed by atoms with Crippen LogP contribution in [0.3, 0.4) is 0 Å². The molecule has 2 aromatic rings. The van der Waals surface area contributed by atoms with Gasteiger partial charge in [0, 0.05) is 12.6 Å². The maximum Gasteiger partial charge on any atom is 0.241 e. The predicted molar refractivity (Wildman–Crippen MR) is 89.2 cm³/mol. The lowest BCUT2D eigenvalue weighted by atomic mass is 10.2. The lowest BCUT2D eigenvalue weighted by molar-refractivity contribution is 0.171. The molecule has 0 saturated heterocycles. The van der Waals surface area contributed by atoms with Crippen LogP contribution in [0, 0.1) is 6.92 Å². The Morgan fingerprint density at radius 2 is 1.71 bits per heavy atom. The molecule has 128 valence electrons. The maximum absolute atomic E-state index is 12.6. The number of rotatable bonds is 5. The number of sulfonamides is 1. The van der Waals surface area contributed by atoms with Crippen molar-refractivity contribution in [3.05, 3.63) is 47.5 Å². The molecule has 0 amide bonds. The molecule has 0 spiro atoms. The van der Waals surface area contributed by atoms with Gasteiger partial charge in [-0.15, -0.1) is 0 Å². The molecule has 1 aliphatic rings. The van der Waals surface area contributed by atoms with Gasteiger partial charge in [0.1, 0.15) is 19.0 Å². The highest BCUT2D eigenvalue weighted by molar-refractivity contribution is 7.89.